The SMILES string of the molecule is CCOc1cc(C(=O)N(C)Cc2c(COC)ncc3cn[nH]c23)ccc1-c1cccc(F)c1. The largest absolute Gasteiger partial charge is 0.493 e. The fraction of sp³-hybridized carbons (Fsp3) is 0.240. The van der Waals surface area contributed by atoms with E-state index in [2.05, 4.69) is 15.2 Å². The van der Waals surface area contributed by atoms with Crippen LogP contribution in [0.25, 0.3) is 22.0 Å². The highest BCUT2D eigenvalue weighted by Gasteiger charge is 2.19. The maximum atomic E-state index is 13.7. The molecule has 0 saturated heterocycles. The van der Waals surface area contributed by atoms with E-state index in [1.165, 1.54) is 12.1 Å². The summed E-state index contributed by atoms with van der Waals surface area (Å²) in [6, 6.07) is 11.5. The molecule has 0 saturated carbocycles. The van der Waals surface area contributed by atoms with E-state index < -0.39 is 0 Å². The van der Waals surface area contributed by atoms with Gasteiger partial charge < -0.3 is 14.4 Å². The fourth-order valence-corrected chi connectivity index (χ4v) is 3.79. The van der Waals surface area contributed by atoms with E-state index >= 15 is 0 Å². The number of ether oxygens (including phenoxy) is 2. The van der Waals surface area contributed by atoms with E-state index in [9.17, 15) is 9.18 Å². The lowest BCUT2D eigenvalue weighted by molar-refractivity contribution is 0.0783. The second kappa shape index (κ2) is 9.79. The average molecular weight is 448 g/mol. The number of benzene rings is 2. The molecule has 2 heterocycles. The van der Waals surface area contributed by atoms with Gasteiger partial charge in [0.05, 0.1) is 30.6 Å². The molecule has 170 valence electrons. The average Bonchev–Trinajstić information content (AvgIpc) is 3.29. The van der Waals surface area contributed by atoms with Gasteiger partial charge in [0.1, 0.15) is 11.6 Å². The molecule has 0 spiro atoms. The minimum atomic E-state index is -0.330. The molecule has 4 rings (SSSR count). The van der Waals surface area contributed by atoms with Crippen molar-refractivity contribution < 1.29 is 18.7 Å². The van der Waals surface area contributed by atoms with Crippen LogP contribution in [0.15, 0.2) is 54.9 Å². The summed E-state index contributed by atoms with van der Waals surface area (Å²) in [5, 5.41) is 7.96. The first-order valence-electron chi connectivity index (χ1n) is 10.6. The molecule has 0 aliphatic rings. The van der Waals surface area contributed by atoms with Crippen LogP contribution in [-0.2, 0) is 17.9 Å². The standard InChI is InChI=1S/C25H25FN4O3/c1-4-33-23-11-17(8-9-20(23)16-6-5-7-19(26)10-16)25(31)30(2)14-21-22(15-32-3)27-12-18-13-28-29-24(18)21/h5-13H,4,14-15H2,1-3H3,(H,28,29). The van der Waals surface area contributed by atoms with Crippen LogP contribution >= 0.6 is 0 Å². The number of carbonyl (C=O) groups is 1. The van der Waals surface area contributed by atoms with Gasteiger partial charge in [0.15, 0.2) is 0 Å². The van der Waals surface area contributed by atoms with E-state index in [4.69, 9.17) is 9.47 Å². The lowest BCUT2D eigenvalue weighted by atomic mass is 10.0. The zero-order valence-electron chi connectivity index (χ0n) is 18.8. The predicted molar refractivity (Wildman–Crippen MR) is 123 cm³/mol. The maximum absolute atomic E-state index is 13.7. The van der Waals surface area contributed by atoms with Crippen LogP contribution in [0.5, 0.6) is 5.75 Å². The maximum Gasteiger partial charge on any atom is 0.254 e. The highest BCUT2D eigenvalue weighted by atomic mass is 19.1. The minimum absolute atomic E-state index is 0.179. The molecule has 8 heteroatoms. The lowest BCUT2D eigenvalue weighted by Gasteiger charge is -2.20. The van der Waals surface area contributed by atoms with Crippen molar-refractivity contribution in [3.63, 3.8) is 0 Å². The zero-order valence-corrected chi connectivity index (χ0v) is 18.8. The number of fused-ring (bicyclic) bond motifs is 1. The number of H-pyrrole nitrogens is 1. The number of hydrogen-bond acceptors (Lipinski definition) is 5. The Balaban J connectivity index is 1.64. The van der Waals surface area contributed by atoms with Gasteiger partial charge in [0.25, 0.3) is 5.91 Å². The number of carbonyl (C=O) groups excluding carboxylic acids is 1. The third-order valence-corrected chi connectivity index (χ3v) is 5.37. The highest BCUT2D eigenvalue weighted by Crippen LogP contribution is 2.32. The number of amides is 1. The molecule has 2 aromatic carbocycles. The summed E-state index contributed by atoms with van der Waals surface area (Å²) < 4.78 is 24.8. The Morgan fingerprint density at radius 2 is 2.03 bits per heavy atom. The normalized spacial score (nSPS) is 11.0. The van der Waals surface area contributed by atoms with E-state index in [1.54, 1.807) is 55.7 Å². The first-order valence-corrected chi connectivity index (χ1v) is 10.6. The molecular formula is C25H25FN4O3. The number of nitrogens with zero attached hydrogens (tertiary/aromatic N) is 3. The van der Waals surface area contributed by atoms with E-state index in [0.29, 0.717) is 36.6 Å². The van der Waals surface area contributed by atoms with Gasteiger partial charge in [-0.2, -0.15) is 5.10 Å². The van der Waals surface area contributed by atoms with Crippen LogP contribution in [0.4, 0.5) is 4.39 Å². The number of hydrogen-bond donors (Lipinski definition) is 1. The number of pyridine rings is 1. The van der Waals surface area contributed by atoms with Gasteiger partial charge in [0, 0.05) is 49.0 Å². The van der Waals surface area contributed by atoms with Crippen molar-refractivity contribution in [3.05, 3.63) is 77.5 Å². The zero-order chi connectivity index (χ0) is 23.4. The van der Waals surface area contributed by atoms with Crippen molar-refractivity contribution in [1.82, 2.24) is 20.1 Å². The molecule has 0 fully saturated rings. The third kappa shape index (κ3) is 4.70. The number of nitrogens with one attached hydrogen (secondary N) is 1. The van der Waals surface area contributed by atoms with Gasteiger partial charge in [0.2, 0.25) is 0 Å². The third-order valence-electron chi connectivity index (χ3n) is 5.37. The molecule has 0 aliphatic carbocycles. The van der Waals surface area contributed by atoms with E-state index in [0.717, 1.165) is 27.7 Å². The Bertz CT molecular complexity index is 1290. The van der Waals surface area contributed by atoms with Crippen molar-refractivity contribution in [2.24, 2.45) is 0 Å². The lowest BCUT2D eigenvalue weighted by Crippen LogP contribution is -2.27. The second-order valence-corrected chi connectivity index (χ2v) is 7.63. The van der Waals surface area contributed by atoms with Gasteiger partial charge in [-0.05, 0) is 42.8 Å². The molecule has 0 atom stereocenters. The quantitative estimate of drug-likeness (QED) is 0.427. The summed E-state index contributed by atoms with van der Waals surface area (Å²) in [5.74, 6) is 0.0182. The summed E-state index contributed by atoms with van der Waals surface area (Å²) in [7, 11) is 3.34. The Kier molecular flexibility index (Phi) is 6.65. The number of aromatic amines is 1. The van der Waals surface area contributed by atoms with Crippen LogP contribution < -0.4 is 4.74 Å². The highest BCUT2D eigenvalue weighted by molar-refractivity contribution is 5.95. The molecule has 1 amide bonds. The molecule has 0 aliphatic heterocycles. The molecule has 0 bridgehead atoms. The molecule has 0 radical (unpaired) electrons. The van der Waals surface area contributed by atoms with Crippen LogP contribution in [0.3, 0.4) is 0 Å². The van der Waals surface area contributed by atoms with Crippen molar-refractivity contribution in [3.8, 4) is 16.9 Å². The Hall–Kier alpha value is -3.78. The van der Waals surface area contributed by atoms with Gasteiger partial charge in [-0.1, -0.05) is 12.1 Å². The Labute approximate surface area is 191 Å². The minimum Gasteiger partial charge on any atom is -0.493 e. The van der Waals surface area contributed by atoms with Gasteiger partial charge in [-0.3, -0.25) is 14.9 Å². The van der Waals surface area contributed by atoms with Crippen molar-refractivity contribution in [2.75, 3.05) is 20.8 Å². The van der Waals surface area contributed by atoms with Crippen LogP contribution in [-0.4, -0.2) is 46.8 Å². The van der Waals surface area contributed by atoms with E-state index in [1.807, 2.05) is 13.0 Å². The van der Waals surface area contributed by atoms with Gasteiger partial charge in [-0.15, -0.1) is 0 Å². The topological polar surface area (TPSA) is 80.3 Å². The number of halogens is 1. The monoisotopic (exact) mass is 448 g/mol. The van der Waals surface area contributed by atoms with Crippen LogP contribution in [0.1, 0.15) is 28.5 Å². The molecule has 7 nitrogen and oxygen atoms in total. The van der Waals surface area contributed by atoms with Crippen molar-refractivity contribution in [2.45, 2.75) is 20.1 Å². The number of methoxy groups -OCH3 is 1. The predicted octanol–water partition coefficient (Wildman–Crippen LogP) is 4.58. The second-order valence-electron chi connectivity index (χ2n) is 7.63. The van der Waals surface area contributed by atoms with Crippen molar-refractivity contribution >= 4 is 16.8 Å². The molecule has 2 aromatic heterocycles. The molecular weight excluding hydrogens is 423 g/mol. The smallest absolute Gasteiger partial charge is 0.254 e. The van der Waals surface area contributed by atoms with Gasteiger partial charge in [-0.25, -0.2) is 4.39 Å². The summed E-state index contributed by atoms with van der Waals surface area (Å²) in [6.07, 6.45) is 3.43. The van der Waals surface area contributed by atoms with Crippen molar-refractivity contribution in [1.29, 1.82) is 0 Å². The first kappa shape index (κ1) is 22.4. The van der Waals surface area contributed by atoms with Gasteiger partial charge >= 0.3 is 0 Å². The van der Waals surface area contributed by atoms with Crippen LogP contribution in [0.2, 0.25) is 0 Å². The molecule has 33 heavy (non-hydrogen) atoms. The first-order chi connectivity index (χ1) is 16.0. The molecule has 4 aromatic rings. The summed E-state index contributed by atoms with van der Waals surface area (Å²) in [6.45, 7) is 2.93. The molecule has 0 unspecified atom stereocenters. The number of aromatic nitrogens is 3. The Morgan fingerprint density at radius 3 is 2.79 bits per heavy atom. The summed E-state index contributed by atoms with van der Waals surface area (Å²) in [4.78, 5) is 19.4. The number of rotatable bonds is 8. The van der Waals surface area contributed by atoms with Crippen LogP contribution in [0, 0.1) is 5.82 Å². The molecule has 1 N–H and O–H groups in total. The Morgan fingerprint density at radius 1 is 1.18 bits per heavy atom. The van der Waals surface area contributed by atoms with E-state index in [-0.39, 0.29) is 11.7 Å². The summed E-state index contributed by atoms with van der Waals surface area (Å²) >= 11 is 0. The fourth-order valence-electron chi connectivity index (χ4n) is 3.79. The summed E-state index contributed by atoms with van der Waals surface area (Å²) in [5.41, 5.74) is 4.30.